The lowest BCUT2D eigenvalue weighted by Gasteiger charge is -2.23. The summed E-state index contributed by atoms with van der Waals surface area (Å²) in [6.45, 7) is 3.16. The van der Waals surface area contributed by atoms with E-state index in [0.717, 1.165) is 24.7 Å². The molecule has 27 heavy (non-hydrogen) atoms. The number of alkyl halides is 3. The summed E-state index contributed by atoms with van der Waals surface area (Å²) in [6, 6.07) is 4.66. The second-order valence-electron chi connectivity index (χ2n) is 6.56. The fraction of sp³-hybridized carbons (Fsp3) is 0.471. The van der Waals surface area contributed by atoms with Crippen LogP contribution in [0.15, 0.2) is 30.5 Å². The fourth-order valence-corrected chi connectivity index (χ4v) is 3.26. The monoisotopic (exact) mass is 383 g/mol. The lowest BCUT2D eigenvalue weighted by atomic mass is 10.1. The summed E-state index contributed by atoms with van der Waals surface area (Å²) in [5.41, 5.74) is -0.355. The largest absolute Gasteiger partial charge is 0.416 e. The Bertz CT molecular complexity index is 821. The average molecular weight is 383 g/mol. The quantitative estimate of drug-likeness (QED) is 0.600. The second-order valence-corrected chi connectivity index (χ2v) is 6.56. The number of nitro benzene ring substituents is 1. The minimum Gasteiger partial charge on any atom is -0.365 e. The van der Waals surface area contributed by atoms with Crippen molar-refractivity contribution in [1.29, 1.82) is 0 Å². The maximum Gasteiger partial charge on any atom is 0.416 e. The van der Waals surface area contributed by atoms with E-state index in [1.165, 1.54) is 6.07 Å². The van der Waals surface area contributed by atoms with E-state index in [1.54, 1.807) is 9.58 Å². The highest BCUT2D eigenvalue weighted by molar-refractivity contribution is 5.64. The molecule has 7 nitrogen and oxygen atoms in total. The van der Waals surface area contributed by atoms with Crippen LogP contribution < -0.4 is 4.90 Å². The molecule has 2 aromatic rings. The first kappa shape index (κ1) is 19.2. The molecule has 0 radical (unpaired) electrons. The van der Waals surface area contributed by atoms with Crippen LogP contribution >= 0.6 is 0 Å². The van der Waals surface area contributed by atoms with Crippen molar-refractivity contribution in [3.8, 4) is 0 Å². The molecule has 1 aromatic carbocycles. The highest BCUT2D eigenvalue weighted by atomic mass is 19.4. The van der Waals surface area contributed by atoms with Crippen molar-refractivity contribution < 1.29 is 18.1 Å². The maximum atomic E-state index is 12.9. The zero-order valence-corrected chi connectivity index (χ0v) is 14.8. The number of anilines is 1. The number of rotatable bonds is 4. The van der Waals surface area contributed by atoms with Crippen molar-refractivity contribution in [2.75, 3.05) is 31.1 Å². The number of nitro groups is 1. The van der Waals surface area contributed by atoms with Gasteiger partial charge in [-0.1, -0.05) is 0 Å². The molecule has 0 saturated carbocycles. The molecule has 1 aliphatic rings. The van der Waals surface area contributed by atoms with Gasteiger partial charge in [0.2, 0.25) is 0 Å². The van der Waals surface area contributed by atoms with Crippen LogP contribution in [0.1, 0.15) is 17.7 Å². The molecule has 1 aromatic heterocycles. The Morgan fingerprint density at radius 3 is 2.59 bits per heavy atom. The van der Waals surface area contributed by atoms with Crippen molar-refractivity contribution in [3.05, 3.63) is 51.8 Å². The molecule has 0 aliphatic carbocycles. The van der Waals surface area contributed by atoms with Gasteiger partial charge in [0, 0.05) is 52.0 Å². The van der Waals surface area contributed by atoms with Gasteiger partial charge in [-0.25, -0.2) is 0 Å². The molecule has 146 valence electrons. The molecule has 2 heterocycles. The number of nitrogens with zero attached hydrogens (tertiary/aromatic N) is 5. The summed E-state index contributed by atoms with van der Waals surface area (Å²) in [6.07, 6.45) is -1.99. The topological polar surface area (TPSA) is 67.4 Å². The fourth-order valence-electron chi connectivity index (χ4n) is 3.26. The van der Waals surface area contributed by atoms with E-state index in [-0.39, 0.29) is 5.69 Å². The molecule has 0 N–H and O–H groups in total. The van der Waals surface area contributed by atoms with Crippen LogP contribution in [0.3, 0.4) is 0 Å². The Morgan fingerprint density at radius 1 is 1.19 bits per heavy atom. The van der Waals surface area contributed by atoms with Gasteiger partial charge in [-0.05, 0) is 24.6 Å². The number of aromatic nitrogens is 2. The summed E-state index contributed by atoms with van der Waals surface area (Å²) in [5, 5.41) is 15.7. The highest BCUT2D eigenvalue weighted by Crippen LogP contribution is 2.36. The summed E-state index contributed by atoms with van der Waals surface area (Å²) < 4.78 is 40.4. The Balaban J connectivity index is 1.75. The molecule has 0 spiro atoms. The Hall–Kier alpha value is -2.62. The van der Waals surface area contributed by atoms with E-state index >= 15 is 0 Å². The van der Waals surface area contributed by atoms with Crippen LogP contribution in [0, 0.1) is 10.1 Å². The molecule has 0 unspecified atom stereocenters. The predicted octanol–water partition coefficient (Wildman–Crippen LogP) is 3.06. The van der Waals surface area contributed by atoms with E-state index in [1.807, 2.05) is 19.3 Å². The first-order valence-electron chi connectivity index (χ1n) is 8.55. The summed E-state index contributed by atoms with van der Waals surface area (Å²) in [4.78, 5) is 14.6. The molecule has 10 heteroatoms. The van der Waals surface area contributed by atoms with Crippen molar-refractivity contribution in [1.82, 2.24) is 14.7 Å². The number of halogens is 3. The third kappa shape index (κ3) is 4.57. The first-order chi connectivity index (χ1) is 12.7. The van der Waals surface area contributed by atoms with Crippen LogP contribution in [-0.2, 0) is 19.8 Å². The maximum absolute atomic E-state index is 12.9. The van der Waals surface area contributed by atoms with E-state index < -0.39 is 22.4 Å². The van der Waals surface area contributed by atoms with E-state index in [4.69, 9.17) is 0 Å². The number of benzene rings is 1. The highest BCUT2D eigenvalue weighted by Gasteiger charge is 2.34. The molecule has 0 amide bonds. The Kier molecular flexibility index (Phi) is 5.36. The molecule has 1 fully saturated rings. The van der Waals surface area contributed by atoms with Gasteiger partial charge in [0.15, 0.2) is 0 Å². The normalized spacial score (nSPS) is 16.4. The van der Waals surface area contributed by atoms with Crippen molar-refractivity contribution >= 4 is 11.4 Å². The van der Waals surface area contributed by atoms with Crippen LogP contribution in [0.4, 0.5) is 24.5 Å². The molecule has 1 saturated heterocycles. The minimum atomic E-state index is -4.61. The van der Waals surface area contributed by atoms with Gasteiger partial charge in [-0.3, -0.25) is 19.7 Å². The second kappa shape index (κ2) is 7.55. The lowest BCUT2D eigenvalue weighted by Crippen LogP contribution is -2.31. The Labute approximate surface area is 154 Å². The Morgan fingerprint density at radius 2 is 1.96 bits per heavy atom. The zero-order valence-electron chi connectivity index (χ0n) is 14.8. The van der Waals surface area contributed by atoms with Crippen LogP contribution in [-0.4, -0.2) is 45.8 Å². The first-order valence-corrected chi connectivity index (χ1v) is 8.55. The number of aryl methyl sites for hydroxylation is 1. The summed E-state index contributed by atoms with van der Waals surface area (Å²) in [5.74, 6) is 0. The van der Waals surface area contributed by atoms with Crippen molar-refractivity contribution in [3.63, 3.8) is 0 Å². The van der Waals surface area contributed by atoms with Gasteiger partial charge < -0.3 is 4.90 Å². The predicted molar refractivity (Wildman–Crippen MR) is 93.4 cm³/mol. The van der Waals surface area contributed by atoms with E-state index in [0.29, 0.717) is 32.2 Å². The van der Waals surface area contributed by atoms with E-state index in [9.17, 15) is 23.3 Å². The standard InChI is InChI=1S/C17H20F3N5O2/c1-22-8-5-14(21-22)12-23-6-2-7-24(10-9-23)15-4-3-13(17(18,19)20)11-16(15)25(26)27/h3-5,8,11H,2,6-7,9-10,12H2,1H3. The molecule has 3 rings (SSSR count). The molecular formula is C17H20F3N5O2. The van der Waals surface area contributed by atoms with Gasteiger partial charge in [0.25, 0.3) is 5.69 Å². The van der Waals surface area contributed by atoms with Crippen LogP contribution in [0.5, 0.6) is 0 Å². The minimum absolute atomic E-state index is 0.229. The van der Waals surface area contributed by atoms with Gasteiger partial charge in [-0.2, -0.15) is 18.3 Å². The summed E-state index contributed by atoms with van der Waals surface area (Å²) in [7, 11) is 1.84. The average Bonchev–Trinajstić information content (AvgIpc) is 2.87. The molecule has 1 aliphatic heterocycles. The summed E-state index contributed by atoms with van der Waals surface area (Å²) >= 11 is 0. The van der Waals surface area contributed by atoms with E-state index in [2.05, 4.69) is 10.00 Å². The van der Waals surface area contributed by atoms with Crippen molar-refractivity contribution in [2.45, 2.75) is 19.1 Å². The molecule has 0 bridgehead atoms. The van der Waals surface area contributed by atoms with Gasteiger partial charge in [0.1, 0.15) is 5.69 Å². The zero-order chi connectivity index (χ0) is 19.6. The third-order valence-corrected chi connectivity index (χ3v) is 4.58. The van der Waals surface area contributed by atoms with Gasteiger partial charge in [0.05, 0.1) is 16.2 Å². The SMILES string of the molecule is Cn1ccc(CN2CCCN(c3ccc(C(F)(F)F)cc3[N+](=O)[O-])CC2)n1. The van der Waals surface area contributed by atoms with Crippen LogP contribution in [0.2, 0.25) is 0 Å². The molecule has 0 atom stereocenters. The number of hydrogen-bond donors (Lipinski definition) is 0. The number of hydrogen-bond acceptors (Lipinski definition) is 5. The van der Waals surface area contributed by atoms with Gasteiger partial charge in [-0.15, -0.1) is 0 Å². The van der Waals surface area contributed by atoms with Crippen LogP contribution in [0.25, 0.3) is 0 Å². The third-order valence-electron chi connectivity index (χ3n) is 4.58. The smallest absolute Gasteiger partial charge is 0.365 e. The van der Waals surface area contributed by atoms with Crippen molar-refractivity contribution in [2.24, 2.45) is 7.05 Å². The lowest BCUT2D eigenvalue weighted by molar-refractivity contribution is -0.384. The molecular weight excluding hydrogens is 363 g/mol. The van der Waals surface area contributed by atoms with Gasteiger partial charge >= 0.3 is 6.18 Å².